The van der Waals surface area contributed by atoms with E-state index in [1.807, 2.05) is 20.0 Å². The van der Waals surface area contributed by atoms with E-state index in [1.54, 1.807) is 4.68 Å². The summed E-state index contributed by atoms with van der Waals surface area (Å²) in [4.78, 5) is 11.9. The Kier molecular flexibility index (Phi) is 3.94. The molecule has 0 aromatic carbocycles. The lowest BCUT2D eigenvalue weighted by atomic mass is 10.0. The summed E-state index contributed by atoms with van der Waals surface area (Å²) in [6.07, 6.45) is 4.50. The number of aryl methyl sites for hydroxylation is 2. The molecule has 94 valence electrons. The van der Waals surface area contributed by atoms with Gasteiger partial charge in [-0.2, -0.15) is 5.10 Å². The molecule has 0 amide bonds. The molecule has 1 aliphatic rings. The number of hydrogen-bond acceptors (Lipinski definition) is 3. The molecule has 4 heteroatoms. The second-order valence-corrected chi connectivity index (χ2v) is 4.81. The molecule has 1 atom stereocenters. The van der Waals surface area contributed by atoms with Gasteiger partial charge in [-0.1, -0.05) is 0 Å². The molecule has 0 bridgehead atoms. The number of carbonyl (C=O) groups is 1. The quantitative estimate of drug-likeness (QED) is 0.800. The number of carbonyl (C=O) groups excluding carboxylic acids is 1. The summed E-state index contributed by atoms with van der Waals surface area (Å²) in [6.45, 7) is 2.75. The summed E-state index contributed by atoms with van der Waals surface area (Å²) in [7, 11) is 1.88. The van der Waals surface area contributed by atoms with Crippen LogP contribution in [0, 0.1) is 6.92 Å². The van der Waals surface area contributed by atoms with Crippen LogP contribution >= 0.6 is 0 Å². The van der Waals surface area contributed by atoms with E-state index in [1.165, 1.54) is 6.42 Å². The van der Waals surface area contributed by atoms with E-state index in [4.69, 9.17) is 4.74 Å². The first-order valence-electron chi connectivity index (χ1n) is 6.28. The number of rotatable bonds is 4. The number of nitrogens with zero attached hydrogens (tertiary/aromatic N) is 2. The molecule has 0 saturated carbocycles. The van der Waals surface area contributed by atoms with Gasteiger partial charge in [0, 0.05) is 32.2 Å². The van der Waals surface area contributed by atoms with Crippen LogP contribution < -0.4 is 0 Å². The van der Waals surface area contributed by atoms with Crippen LogP contribution in [0.5, 0.6) is 0 Å². The Hall–Kier alpha value is -1.16. The molecule has 1 fully saturated rings. The van der Waals surface area contributed by atoms with Crippen molar-refractivity contribution in [2.45, 2.75) is 45.1 Å². The molecule has 2 heterocycles. The summed E-state index contributed by atoms with van der Waals surface area (Å²) in [6, 6.07) is 1.97. The predicted molar refractivity (Wildman–Crippen MR) is 64.9 cm³/mol. The van der Waals surface area contributed by atoms with Gasteiger partial charge in [0.15, 0.2) is 0 Å². The lowest BCUT2D eigenvalue weighted by Gasteiger charge is -2.21. The zero-order chi connectivity index (χ0) is 12.3. The molecule has 1 aromatic rings. The van der Waals surface area contributed by atoms with E-state index in [0.717, 1.165) is 30.8 Å². The van der Waals surface area contributed by atoms with Gasteiger partial charge in [0.2, 0.25) is 0 Å². The summed E-state index contributed by atoms with van der Waals surface area (Å²) >= 11 is 0. The molecule has 0 N–H and O–H groups in total. The van der Waals surface area contributed by atoms with Gasteiger partial charge in [-0.3, -0.25) is 9.48 Å². The van der Waals surface area contributed by atoms with Gasteiger partial charge in [0.05, 0.1) is 11.8 Å². The topological polar surface area (TPSA) is 44.1 Å². The Morgan fingerprint density at radius 1 is 1.59 bits per heavy atom. The second-order valence-electron chi connectivity index (χ2n) is 4.81. The van der Waals surface area contributed by atoms with Gasteiger partial charge < -0.3 is 4.74 Å². The summed E-state index contributed by atoms with van der Waals surface area (Å²) < 4.78 is 7.37. The van der Waals surface area contributed by atoms with Crippen molar-refractivity contribution in [3.8, 4) is 0 Å². The third-order valence-electron chi connectivity index (χ3n) is 3.21. The molecule has 1 aromatic heterocycles. The van der Waals surface area contributed by atoms with Crippen LogP contribution in [0.3, 0.4) is 0 Å². The molecule has 4 nitrogen and oxygen atoms in total. The molecule has 0 radical (unpaired) electrons. The lowest BCUT2D eigenvalue weighted by Crippen LogP contribution is -2.23. The van der Waals surface area contributed by atoms with Crippen LogP contribution in [-0.4, -0.2) is 28.3 Å². The number of Topliss-reactive ketones (excluding diaryl/α,β-unsaturated/α-hetero) is 1. The minimum Gasteiger partial charge on any atom is -0.378 e. The monoisotopic (exact) mass is 236 g/mol. The molecule has 0 aliphatic carbocycles. The fourth-order valence-corrected chi connectivity index (χ4v) is 2.33. The van der Waals surface area contributed by atoms with Crippen molar-refractivity contribution in [3.63, 3.8) is 0 Å². The van der Waals surface area contributed by atoms with Crippen LogP contribution in [0.1, 0.15) is 37.1 Å². The van der Waals surface area contributed by atoms with E-state index >= 15 is 0 Å². The third kappa shape index (κ3) is 3.40. The van der Waals surface area contributed by atoms with Crippen LogP contribution in [0.25, 0.3) is 0 Å². The highest BCUT2D eigenvalue weighted by atomic mass is 16.5. The SMILES string of the molecule is Cc1cc(CC(=O)CC2CCCCO2)n(C)n1. The standard InChI is InChI=1S/C13H20N2O2/c1-10-7-11(15(2)14-10)8-12(16)9-13-5-3-4-6-17-13/h7,13H,3-6,8-9H2,1-2H3. The Morgan fingerprint density at radius 3 is 3.00 bits per heavy atom. The van der Waals surface area contributed by atoms with E-state index in [9.17, 15) is 4.79 Å². The summed E-state index contributed by atoms with van der Waals surface area (Å²) in [5.74, 6) is 0.250. The average molecular weight is 236 g/mol. The minimum absolute atomic E-state index is 0.144. The molecule has 2 rings (SSSR count). The van der Waals surface area contributed by atoms with Gasteiger partial charge in [-0.15, -0.1) is 0 Å². The highest BCUT2D eigenvalue weighted by Gasteiger charge is 2.18. The fourth-order valence-electron chi connectivity index (χ4n) is 2.33. The average Bonchev–Trinajstić information content (AvgIpc) is 2.58. The van der Waals surface area contributed by atoms with Crippen LogP contribution in [-0.2, 0) is 23.0 Å². The van der Waals surface area contributed by atoms with Crippen LogP contribution in [0.4, 0.5) is 0 Å². The zero-order valence-corrected chi connectivity index (χ0v) is 10.6. The first-order chi connectivity index (χ1) is 8.15. The zero-order valence-electron chi connectivity index (χ0n) is 10.6. The van der Waals surface area contributed by atoms with Gasteiger partial charge in [0.25, 0.3) is 0 Å². The number of aromatic nitrogens is 2. The molecular formula is C13H20N2O2. The summed E-state index contributed by atoms with van der Waals surface area (Å²) in [5, 5.41) is 4.24. The number of hydrogen-bond donors (Lipinski definition) is 0. The molecule has 0 spiro atoms. The summed E-state index contributed by atoms with van der Waals surface area (Å²) in [5.41, 5.74) is 1.95. The lowest BCUT2D eigenvalue weighted by molar-refractivity contribution is -0.122. The van der Waals surface area contributed by atoms with Crippen molar-refractivity contribution in [2.24, 2.45) is 7.05 Å². The maximum Gasteiger partial charge on any atom is 0.141 e. The Balaban J connectivity index is 1.86. The largest absolute Gasteiger partial charge is 0.378 e. The molecular weight excluding hydrogens is 216 g/mol. The first-order valence-corrected chi connectivity index (χ1v) is 6.28. The molecule has 17 heavy (non-hydrogen) atoms. The molecule has 1 unspecified atom stereocenters. The maximum absolute atomic E-state index is 11.9. The van der Waals surface area contributed by atoms with E-state index in [2.05, 4.69) is 5.10 Å². The van der Waals surface area contributed by atoms with Crippen LogP contribution in [0.15, 0.2) is 6.07 Å². The van der Waals surface area contributed by atoms with Gasteiger partial charge in [-0.05, 0) is 32.3 Å². The predicted octanol–water partition coefficient (Wildman–Crippen LogP) is 1.80. The Bertz CT molecular complexity index is 392. The van der Waals surface area contributed by atoms with Crippen molar-refractivity contribution >= 4 is 5.78 Å². The van der Waals surface area contributed by atoms with Crippen molar-refractivity contribution in [1.82, 2.24) is 9.78 Å². The van der Waals surface area contributed by atoms with Crippen molar-refractivity contribution < 1.29 is 9.53 Å². The molecule has 1 saturated heterocycles. The van der Waals surface area contributed by atoms with E-state index in [-0.39, 0.29) is 11.9 Å². The van der Waals surface area contributed by atoms with Crippen LogP contribution in [0.2, 0.25) is 0 Å². The third-order valence-corrected chi connectivity index (χ3v) is 3.21. The van der Waals surface area contributed by atoms with Gasteiger partial charge >= 0.3 is 0 Å². The van der Waals surface area contributed by atoms with Crippen molar-refractivity contribution in [3.05, 3.63) is 17.5 Å². The molecule has 1 aliphatic heterocycles. The minimum atomic E-state index is 0.144. The normalized spacial score (nSPS) is 20.5. The Labute approximate surface area is 102 Å². The van der Waals surface area contributed by atoms with Gasteiger partial charge in [-0.25, -0.2) is 0 Å². The van der Waals surface area contributed by atoms with Crippen molar-refractivity contribution in [1.29, 1.82) is 0 Å². The maximum atomic E-state index is 11.9. The highest BCUT2D eigenvalue weighted by Crippen LogP contribution is 2.16. The van der Waals surface area contributed by atoms with Crippen molar-refractivity contribution in [2.75, 3.05) is 6.61 Å². The number of ether oxygens (including phenoxy) is 1. The smallest absolute Gasteiger partial charge is 0.141 e. The Morgan fingerprint density at radius 2 is 2.41 bits per heavy atom. The highest BCUT2D eigenvalue weighted by molar-refractivity contribution is 5.81. The van der Waals surface area contributed by atoms with Gasteiger partial charge in [0.1, 0.15) is 5.78 Å². The number of ketones is 1. The van der Waals surface area contributed by atoms with E-state index in [0.29, 0.717) is 12.8 Å². The fraction of sp³-hybridized carbons (Fsp3) is 0.692. The van der Waals surface area contributed by atoms with E-state index < -0.39 is 0 Å². The first kappa shape index (κ1) is 12.3. The second kappa shape index (κ2) is 5.45.